The Labute approximate surface area is 135 Å². The van der Waals surface area contributed by atoms with Crippen LogP contribution in [0.2, 0.25) is 23.7 Å². The Balaban J connectivity index is 2.62. The van der Waals surface area contributed by atoms with Crippen LogP contribution < -0.4 is 5.19 Å². The van der Waals surface area contributed by atoms with Crippen LogP contribution >= 0.6 is 0 Å². The van der Waals surface area contributed by atoms with E-state index >= 15 is 0 Å². The minimum absolute atomic E-state index is 0.233. The van der Waals surface area contributed by atoms with E-state index in [1.807, 2.05) is 0 Å². The summed E-state index contributed by atoms with van der Waals surface area (Å²) >= 11 is 0. The van der Waals surface area contributed by atoms with Gasteiger partial charge in [0, 0.05) is 6.61 Å². The van der Waals surface area contributed by atoms with Gasteiger partial charge in [-0.3, -0.25) is 0 Å². The summed E-state index contributed by atoms with van der Waals surface area (Å²) < 4.78 is 6.50. The molecule has 1 atom stereocenters. The fourth-order valence-corrected chi connectivity index (χ4v) is 5.49. The first-order chi connectivity index (χ1) is 9.76. The molecule has 0 radical (unpaired) electrons. The highest BCUT2D eigenvalue weighted by atomic mass is 28.4. The molecule has 0 bridgehead atoms. The van der Waals surface area contributed by atoms with Gasteiger partial charge in [0.15, 0.2) is 8.32 Å². The van der Waals surface area contributed by atoms with Crippen molar-refractivity contribution >= 4 is 23.0 Å². The SMILES string of the molecule is CCCC[C@@H](CO[Si](C)(C)C(C)(C)C)[SiH2]c1ccccc1. The number of hydrogen-bond acceptors (Lipinski definition) is 1. The van der Waals surface area contributed by atoms with Crippen LogP contribution in [0.15, 0.2) is 30.3 Å². The van der Waals surface area contributed by atoms with Gasteiger partial charge >= 0.3 is 0 Å². The number of rotatable bonds is 8. The maximum Gasteiger partial charge on any atom is 0.191 e. The van der Waals surface area contributed by atoms with Crippen LogP contribution in [0.1, 0.15) is 47.0 Å². The summed E-state index contributed by atoms with van der Waals surface area (Å²) in [7, 11) is -1.84. The van der Waals surface area contributed by atoms with Crippen LogP contribution in [0.4, 0.5) is 0 Å². The first-order valence-corrected chi connectivity index (χ1v) is 12.9. The Bertz CT molecular complexity index is 395. The fourth-order valence-electron chi connectivity index (χ4n) is 2.23. The van der Waals surface area contributed by atoms with Crippen LogP contribution in [0.25, 0.3) is 0 Å². The Morgan fingerprint density at radius 2 is 1.76 bits per heavy atom. The minimum Gasteiger partial charge on any atom is -0.417 e. The molecule has 21 heavy (non-hydrogen) atoms. The molecule has 0 aliphatic carbocycles. The van der Waals surface area contributed by atoms with Gasteiger partial charge in [-0.15, -0.1) is 0 Å². The lowest BCUT2D eigenvalue weighted by molar-refractivity contribution is 0.277. The van der Waals surface area contributed by atoms with Gasteiger partial charge in [-0.25, -0.2) is 0 Å². The second-order valence-corrected chi connectivity index (χ2v) is 15.0. The van der Waals surface area contributed by atoms with E-state index in [-0.39, 0.29) is 9.52 Å². The van der Waals surface area contributed by atoms with Crippen LogP contribution in [-0.4, -0.2) is 24.4 Å². The van der Waals surface area contributed by atoms with Crippen LogP contribution in [0, 0.1) is 0 Å². The summed E-state index contributed by atoms with van der Waals surface area (Å²) in [5, 5.41) is 1.90. The molecule has 1 aromatic rings. The maximum atomic E-state index is 6.50. The lowest BCUT2D eigenvalue weighted by Crippen LogP contribution is -2.42. The third kappa shape index (κ3) is 6.49. The number of benzene rings is 1. The van der Waals surface area contributed by atoms with Gasteiger partial charge < -0.3 is 4.43 Å². The molecule has 1 nitrogen and oxygen atoms in total. The molecule has 0 N–H and O–H groups in total. The molecular weight excluding hydrogens is 288 g/mol. The van der Waals surface area contributed by atoms with Gasteiger partial charge in [0.1, 0.15) is 0 Å². The van der Waals surface area contributed by atoms with Gasteiger partial charge in [-0.2, -0.15) is 0 Å². The lowest BCUT2D eigenvalue weighted by atomic mass is 10.2. The van der Waals surface area contributed by atoms with Crippen LogP contribution in [0.5, 0.6) is 0 Å². The highest BCUT2D eigenvalue weighted by molar-refractivity contribution is 6.74. The average Bonchev–Trinajstić information content (AvgIpc) is 2.42. The monoisotopic (exact) mass is 322 g/mol. The second-order valence-electron chi connectivity index (χ2n) is 7.77. The van der Waals surface area contributed by atoms with Crippen LogP contribution in [-0.2, 0) is 4.43 Å². The molecule has 0 fully saturated rings. The molecule has 0 unspecified atom stereocenters. The largest absolute Gasteiger partial charge is 0.417 e. The summed E-state index contributed by atoms with van der Waals surface area (Å²) in [6.45, 7) is 15.0. The summed E-state index contributed by atoms with van der Waals surface area (Å²) in [4.78, 5) is 0. The second kappa shape index (κ2) is 8.30. The van der Waals surface area contributed by atoms with Gasteiger partial charge in [0.25, 0.3) is 0 Å². The van der Waals surface area contributed by atoms with E-state index in [1.54, 1.807) is 5.19 Å². The normalized spacial score (nSPS) is 14.8. The first kappa shape index (κ1) is 18.7. The van der Waals surface area contributed by atoms with Gasteiger partial charge in [0.2, 0.25) is 0 Å². The van der Waals surface area contributed by atoms with Crippen molar-refractivity contribution in [3.05, 3.63) is 30.3 Å². The number of unbranched alkanes of at least 4 members (excludes halogenated alkanes) is 1. The summed E-state index contributed by atoms with van der Waals surface area (Å²) in [6, 6.07) is 11.1. The quantitative estimate of drug-likeness (QED) is 0.641. The zero-order valence-electron chi connectivity index (χ0n) is 14.9. The molecule has 120 valence electrons. The molecule has 0 saturated heterocycles. The highest BCUT2D eigenvalue weighted by Crippen LogP contribution is 2.37. The van der Waals surface area contributed by atoms with E-state index in [2.05, 4.69) is 71.1 Å². The van der Waals surface area contributed by atoms with Crippen molar-refractivity contribution in [1.29, 1.82) is 0 Å². The molecule has 0 amide bonds. The van der Waals surface area contributed by atoms with E-state index in [9.17, 15) is 0 Å². The third-order valence-electron chi connectivity index (χ3n) is 4.82. The maximum absolute atomic E-state index is 6.50. The Morgan fingerprint density at radius 1 is 1.14 bits per heavy atom. The standard InChI is InChI=1S/C18H34OSi2/c1-7-8-12-17(20-16-13-10-9-11-14-16)15-19-21(5,6)18(2,3)4/h9-11,13-14,17H,7-8,12,15,20H2,1-6H3/t17-/m0/s1. The number of hydrogen-bond donors (Lipinski definition) is 0. The first-order valence-electron chi connectivity index (χ1n) is 8.44. The van der Waals surface area contributed by atoms with Gasteiger partial charge in [-0.05, 0) is 23.7 Å². The predicted molar refractivity (Wildman–Crippen MR) is 101 cm³/mol. The lowest BCUT2D eigenvalue weighted by Gasteiger charge is -2.37. The molecule has 0 saturated carbocycles. The summed E-state index contributed by atoms with van der Waals surface area (Å²) in [6.07, 6.45) is 3.97. The van der Waals surface area contributed by atoms with E-state index in [1.165, 1.54) is 19.3 Å². The van der Waals surface area contributed by atoms with Gasteiger partial charge in [-0.1, -0.05) is 82.5 Å². The summed E-state index contributed by atoms with van der Waals surface area (Å²) in [5.74, 6) is 0. The summed E-state index contributed by atoms with van der Waals surface area (Å²) in [5.41, 5.74) is 0.793. The van der Waals surface area contributed by atoms with E-state index in [0.717, 1.165) is 12.1 Å². The molecule has 0 aromatic heterocycles. The topological polar surface area (TPSA) is 9.23 Å². The minimum atomic E-state index is -1.60. The fraction of sp³-hybridized carbons (Fsp3) is 0.667. The van der Waals surface area contributed by atoms with Crippen molar-refractivity contribution in [3.8, 4) is 0 Å². The van der Waals surface area contributed by atoms with E-state index < -0.39 is 8.32 Å². The van der Waals surface area contributed by atoms with Crippen molar-refractivity contribution in [2.24, 2.45) is 0 Å². The molecule has 3 heteroatoms. The molecule has 1 rings (SSSR count). The Morgan fingerprint density at radius 3 is 2.29 bits per heavy atom. The van der Waals surface area contributed by atoms with Crippen molar-refractivity contribution in [1.82, 2.24) is 0 Å². The van der Waals surface area contributed by atoms with E-state index in [0.29, 0.717) is 5.04 Å². The highest BCUT2D eigenvalue weighted by Gasteiger charge is 2.37. The third-order valence-corrected chi connectivity index (χ3v) is 11.5. The van der Waals surface area contributed by atoms with Crippen molar-refractivity contribution < 1.29 is 4.43 Å². The van der Waals surface area contributed by atoms with Gasteiger partial charge in [0.05, 0.1) is 9.52 Å². The Hall–Kier alpha value is -0.386. The molecule has 0 aliphatic rings. The van der Waals surface area contributed by atoms with Crippen molar-refractivity contribution in [3.63, 3.8) is 0 Å². The van der Waals surface area contributed by atoms with Crippen molar-refractivity contribution in [2.75, 3.05) is 6.61 Å². The predicted octanol–water partition coefficient (Wildman–Crippen LogP) is 4.48. The smallest absolute Gasteiger partial charge is 0.191 e. The zero-order valence-corrected chi connectivity index (χ0v) is 17.3. The zero-order chi connectivity index (χ0) is 15.9. The molecule has 0 spiro atoms. The average molecular weight is 323 g/mol. The Kier molecular flexibility index (Phi) is 7.38. The molecule has 0 heterocycles. The van der Waals surface area contributed by atoms with E-state index in [4.69, 9.17) is 4.43 Å². The van der Waals surface area contributed by atoms with Crippen LogP contribution in [0.3, 0.4) is 0 Å². The molecule has 1 aromatic carbocycles. The molecular formula is C18H34OSi2. The molecule has 0 aliphatic heterocycles. The van der Waals surface area contributed by atoms with Crippen molar-refractivity contribution in [2.45, 2.75) is 70.6 Å².